The molecule has 1 aromatic carbocycles. The van der Waals surface area contributed by atoms with Gasteiger partial charge in [-0.1, -0.05) is 53.3 Å². The number of carbonyl (C=O) groups is 1. The Morgan fingerprint density at radius 1 is 1.29 bits per heavy atom. The van der Waals surface area contributed by atoms with E-state index in [0.717, 1.165) is 10.6 Å². The number of aryl methyl sites for hydroxylation is 1. The van der Waals surface area contributed by atoms with Crippen LogP contribution >= 0.6 is 22.9 Å². The molecule has 28 heavy (non-hydrogen) atoms. The molecule has 0 radical (unpaired) electrons. The van der Waals surface area contributed by atoms with Crippen LogP contribution in [-0.2, 0) is 13.0 Å². The van der Waals surface area contributed by atoms with E-state index in [9.17, 15) is 9.59 Å². The number of fused-ring (bicyclic) bond motifs is 1. The molecule has 10 nitrogen and oxygen atoms in total. The Labute approximate surface area is 166 Å². The number of benzene rings is 1. The average molecular weight is 417 g/mol. The molecule has 0 spiro atoms. The smallest absolute Gasteiger partial charge is 0.293 e. The molecule has 0 fully saturated rings. The summed E-state index contributed by atoms with van der Waals surface area (Å²) in [7, 11) is 0. The summed E-state index contributed by atoms with van der Waals surface area (Å²) in [5.74, 6) is -0.781. The standard InChI is InChI=1S/C16H13ClN8O2S/c1-2-10-21-23-16(28-10)20-15(27)12-18-13-11(14(26)19-12)22-24-25(13)7-8-5-3-4-6-9(8)17/h3-6H,2,7H2,1H3,(H,18,19,26)(H,20,23,27). The third-order valence-corrected chi connectivity index (χ3v) is 5.21. The van der Waals surface area contributed by atoms with Crippen LogP contribution in [0.5, 0.6) is 0 Å². The number of hydrogen-bond donors (Lipinski definition) is 2. The topological polar surface area (TPSA) is 131 Å². The summed E-state index contributed by atoms with van der Waals surface area (Å²) in [6.45, 7) is 2.19. The normalized spacial score (nSPS) is 11.1. The van der Waals surface area contributed by atoms with Crippen LogP contribution in [0.4, 0.5) is 5.13 Å². The monoisotopic (exact) mass is 416 g/mol. The van der Waals surface area contributed by atoms with Crippen molar-refractivity contribution < 1.29 is 4.79 Å². The van der Waals surface area contributed by atoms with Gasteiger partial charge in [0.15, 0.2) is 11.2 Å². The van der Waals surface area contributed by atoms with Crippen molar-refractivity contribution in [2.24, 2.45) is 0 Å². The summed E-state index contributed by atoms with van der Waals surface area (Å²) in [5, 5.41) is 19.9. The van der Waals surface area contributed by atoms with Crippen LogP contribution in [0.1, 0.15) is 28.1 Å². The molecule has 4 rings (SSSR count). The molecule has 3 aromatic heterocycles. The highest BCUT2D eigenvalue weighted by atomic mass is 35.5. The van der Waals surface area contributed by atoms with E-state index in [-0.39, 0.29) is 23.5 Å². The molecule has 0 saturated heterocycles. The predicted octanol–water partition coefficient (Wildman–Crippen LogP) is 1.88. The molecular weight excluding hydrogens is 404 g/mol. The van der Waals surface area contributed by atoms with Crippen molar-refractivity contribution in [2.75, 3.05) is 5.32 Å². The first-order chi connectivity index (χ1) is 13.5. The minimum Gasteiger partial charge on any atom is -0.300 e. The van der Waals surface area contributed by atoms with E-state index in [0.29, 0.717) is 16.6 Å². The highest BCUT2D eigenvalue weighted by Crippen LogP contribution is 2.18. The fraction of sp³-hybridized carbons (Fsp3) is 0.188. The molecule has 0 aliphatic rings. The van der Waals surface area contributed by atoms with Crippen LogP contribution in [0.15, 0.2) is 29.1 Å². The first-order valence-electron chi connectivity index (χ1n) is 8.25. The maximum absolute atomic E-state index is 12.5. The van der Waals surface area contributed by atoms with Gasteiger partial charge in [-0.05, 0) is 18.1 Å². The van der Waals surface area contributed by atoms with Gasteiger partial charge in [0.2, 0.25) is 11.0 Å². The number of rotatable bonds is 5. The van der Waals surface area contributed by atoms with E-state index in [2.05, 4.69) is 35.8 Å². The van der Waals surface area contributed by atoms with Crippen LogP contribution in [0.25, 0.3) is 11.2 Å². The summed E-state index contributed by atoms with van der Waals surface area (Å²) in [4.78, 5) is 31.4. The first-order valence-corrected chi connectivity index (χ1v) is 9.45. The second-order valence-corrected chi connectivity index (χ2v) is 7.20. The number of nitrogens with one attached hydrogen (secondary N) is 2. The van der Waals surface area contributed by atoms with Gasteiger partial charge < -0.3 is 4.98 Å². The number of anilines is 1. The fourth-order valence-corrected chi connectivity index (χ4v) is 3.34. The van der Waals surface area contributed by atoms with E-state index in [1.165, 1.54) is 16.0 Å². The van der Waals surface area contributed by atoms with Gasteiger partial charge in [0, 0.05) is 5.02 Å². The predicted molar refractivity (Wildman–Crippen MR) is 104 cm³/mol. The Bertz CT molecular complexity index is 1230. The van der Waals surface area contributed by atoms with Crippen LogP contribution in [-0.4, -0.2) is 41.1 Å². The van der Waals surface area contributed by atoms with Crippen molar-refractivity contribution in [3.8, 4) is 0 Å². The van der Waals surface area contributed by atoms with Gasteiger partial charge in [-0.2, -0.15) is 0 Å². The summed E-state index contributed by atoms with van der Waals surface area (Å²) < 4.78 is 1.42. The van der Waals surface area contributed by atoms with Crippen LogP contribution in [0.2, 0.25) is 5.02 Å². The quantitative estimate of drug-likeness (QED) is 0.507. The molecular formula is C16H13ClN8O2S. The van der Waals surface area contributed by atoms with Crippen molar-refractivity contribution >= 4 is 45.1 Å². The number of aromatic nitrogens is 7. The molecule has 3 heterocycles. The summed E-state index contributed by atoms with van der Waals surface area (Å²) in [5.41, 5.74) is 0.435. The lowest BCUT2D eigenvalue weighted by Gasteiger charge is -2.05. The zero-order valence-electron chi connectivity index (χ0n) is 14.5. The second-order valence-electron chi connectivity index (χ2n) is 5.73. The Morgan fingerprint density at radius 3 is 2.86 bits per heavy atom. The maximum atomic E-state index is 12.5. The zero-order valence-corrected chi connectivity index (χ0v) is 16.1. The van der Waals surface area contributed by atoms with E-state index >= 15 is 0 Å². The molecule has 0 unspecified atom stereocenters. The summed E-state index contributed by atoms with van der Waals surface area (Å²) in [6, 6.07) is 7.24. The molecule has 142 valence electrons. The Morgan fingerprint density at radius 2 is 2.11 bits per heavy atom. The first kappa shape index (κ1) is 18.2. The lowest BCUT2D eigenvalue weighted by atomic mass is 10.2. The molecule has 1 amide bonds. The van der Waals surface area contributed by atoms with Crippen LogP contribution in [0, 0.1) is 0 Å². The minimum atomic E-state index is -0.608. The Balaban J connectivity index is 1.67. The van der Waals surface area contributed by atoms with Gasteiger partial charge in [-0.15, -0.1) is 15.3 Å². The van der Waals surface area contributed by atoms with Gasteiger partial charge in [0.05, 0.1) is 6.54 Å². The Hall–Kier alpha value is -3.18. The molecule has 0 bridgehead atoms. The summed E-state index contributed by atoms with van der Waals surface area (Å²) in [6.07, 6.45) is 0.710. The number of amides is 1. The molecule has 4 aromatic rings. The number of nitrogens with zero attached hydrogens (tertiary/aromatic N) is 6. The molecule has 0 saturated carbocycles. The van der Waals surface area contributed by atoms with Crippen LogP contribution < -0.4 is 10.9 Å². The highest BCUT2D eigenvalue weighted by molar-refractivity contribution is 7.15. The zero-order chi connectivity index (χ0) is 19.7. The maximum Gasteiger partial charge on any atom is 0.293 e. The lowest BCUT2D eigenvalue weighted by Crippen LogP contribution is -2.21. The number of halogens is 1. The third kappa shape index (κ3) is 3.49. The van der Waals surface area contributed by atoms with Gasteiger partial charge in [0.1, 0.15) is 5.01 Å². The van der Waals surface area contributed by atoms with E-state index in [1.54, 1.807) is 6.07 Å². The van der Waals surface area contributed by atoms with Crippen LogP contribution in [0.3, 0.4) is 0 Å². The molecule has 12 heteroatoms. The largest absolute Gasteiger partial charge is 0.300 e. The van der Waals surface area contributed by atoms with Crippen molar-refractivity contribution in [1.29, 1.82) is 0 Å². The van der Waals surface area contributed by atoms with E-state index in [1.807, 2.05) is 25.1 Å². The minimum absolute atomic E-state index is 0.0350. The SMILES string of the molecule is CCc1nnc(NC(=O)c2nc3c(nnn3Cc3ccccc3Cl)c(=O)[nH]2)s1. The second kappa shape index (κ2) is 7.44. The summed E-state index contributed by atoms with van der Waals surface area (Å²) >= 11 is 7.44. The van der Waals surface area contributed by atoms with Gasteiger partial charge in [0.25, 0.3) is 11.5 Å². The molecule has 0 aliphatic carbocycles. The van der Waals surface area contributed by atoms with E-state index in [4.69, 9.17) is 11.6 Å². The number of carbonyl (C=O) groups excluding carboxylic acids is 1. The van der Waals surface area contributed by atoms with E-state index < -0.39 is 11.5 Å². The van der Waals surface area contributed by atoms with Crippen molar-refractivity contribution in [3.63, 3.8) is 0 Å². The van der Waals surface area contributed by atoms with Gasteiger partial charge in [-0.3, -0.25) is 14.9 Å². The molecule has 0 aliphatic heterocycles. The van der Waals surface area contributed by atoms with Crippen molar-refractivity contribution in [3.05, 3.63) is 56.0 Å². The number of hydrogen-bond acceptors (Lipinski definition) is 8. The fourth-order valence-electron chi connectivity index (χ4n) is 2.47. The number of H-pyrrole nitrogens is 1. The number of aromatic amines is 1. The van der Waals surface area contributed by atoms with Gasteiger partial charge >= 0.3 is 0 Å². The van der Waals surface area contributed by atoms with Gasteiger partial charge in [-0.25, -0.2) is 9.67 Å². The lowest BCUT2D eigenvalue weighted by molar-refractivity contribution is 0.101. The molecule has 2 N–H and O–H groups in total. The van der Waals surface area contributed by atoms with Crippen molar-refractivity contribution in [1.82, 2.24) is 35.2 Å². The third-order valence-electron chi connectivity index (χ3n) is 3.86. The van der Waals surface area contributed by atoms with Crippen molar-refractivity contribution in [2.45, 2.75) is 19.9 Å². The molecule has 0 atom stereocenters. The highest BCUT2D eigenvalue weighted by Gasteiger charge is 2.18. The average Bonchev–Trinajstić information content (AvgIpc) is 3.31. The Kier molecular flexibility index (Phi) is 4.84.